The lowest BCUT2D eigenvalue weighted by molar-refractivity contribution is 1.20. The molecule has 0 radical (unpaired) electrons. The van der Waals surface area contributed by atoms with Gasteiger partial charge in [-0.3, -0.25) is 0 Å². The van der Waals surface area contributed by atoms with Gasteiger partial charge in [-0.25, -0.2) is 0 Å². The average Bonchev–Trinajstić information content (AvgIpc) is 3.48. The molecule has 0 aliphatic rings. The Morgan fingerprint density at radius 1 is 0.255 bits per heavy atom. The lowest BCUT2D eigenvalue weighted by atomic mass is 9.98. The van der Waals surface area contributed by atoms with Crippen LogP contribution in [0.3, 0.4) is 0 Å². The number of hydrogen-bond donors (Lipinski definition) is 0. The van der Waals surface area contributed by atoms with Gasteiger partial charge in [-0.1, -0.05) is 170 Å². The molecule has 9 aromatic rings. The maximum absolute atomic E-state index is 2.47. The van der Waals surface area contributed by atoms with Crippen molar-refractivity contribution < 1.29 is 0 Å². The monoisotopic (exact) mass is 597 g/mol. The Balaban J connectivity index is 1.22. The highest BCUT2D eigenvalue weighted by molar-refractivity contribution is 6.12. The Morgan fingerprint density at radius 2 is 0.638 bits per heavy atom. The van der Waals surface area contributed by atoms with Crippen LogP contribution in [0.1, 0.15) is 0 Å². The first-order chi connectivity index (χ1) is 23.3. The third-order valence-corrected chi connectivity index (χ3v) is 9.43. The number of benzene rings is 8. The molecule has 0 unspecified atom stereocenters. The molecule has 0 saturated carbocycles. The quantitative estimate of drug-likeness (QED) is 0.186. The van der Waals surface area contributed by atoms with Crippen LogP contribution in [0.15, 0.2) is 188 Å². The number of hydrogen-bond acceptors (Lipinski definition) is 0. The molecule has 9 rings (SSSR count). The molecular formula is C46H31N. The van der Waals surface area contributed by atoms with Gasteiger partial charge in [-0.2, -0.15) is 0 Å². The van der Waals surface area contributed by atoms with Gasteiger partial charge in [0.15, 0.2) is 0 Å². The fourth-order valence-corrected chi connectivity index (χ4v) is 7.01. The Hall–Kier alpha value is -6.18. The van der Waals surface area contributed by atoms with Gasteiger partial charge in [0.25, 0.3) is 0 Å². The summed E-state index contributed by atoms with van der Waals surface area (Å²) < 4.78 is 2.47. The van der Waals surface area contributed by atoms with Crippen molar-refractivity contribution in [2.75, 3.05) is 0 Å². The predicted molar refractivity (Wildman–Crippen MR) is 200 cm³/mol. The van der Waals surface area contributed by atoms with E-state index in [9.17, 15) is 0 Å². The summed E-state index contributed by atoms with van der Waals surface area (Å²) in [6.45, 7) is 0. The summed E-state index contributed by atoms with van der Waals surface area (Å²) in [7, 11) is 0. The summed E-state index contributed by atoms with van der Waals surface area (Å²) in [5, 5.41) is 4.98. The van der Waals surface area contributed by atoms with Crippen LogP contribution >= 0.6 is 0 Å². The molecule has 1 aromatic heterocycles. The highest BCUT2D eigenvalue weighted by Gasteiger charge is 2.16. The van der Waals surface area contributed by atoms with Gasteiger partial charge in [0.05, 0.1) is 16.7 Å². The third-order valence-electron chi connectivity index (χ3n) is 9.43. The molecule has 0 atom stereocenters. The van der Waals surface area contributed by atoms with E-state index in [-0.39, 0.29) is 0 Å². The zero-order valence-electron chi connectivity index (χ0n) is 25.8. The van der Waals surface area contributed by atoms with Crippen molar-refractivity contribution in [2.24, 2.45) is 0 Å². The van der Waals surface area contributed by atoms with E-state index in [1.807, 2.05) is 0 Å². The van der Waals surface area contributed by atoms with Gasteiger partial charge >= 0.3 is 0 Å². The maximum Gasteiger partial charge on any atom is 0.0547 e. The Morgan fingerprint density at radius 3 is 1.15 bits per heavy atom. The summed E-state index contributed by atoms with van der Waals surface area (Å²) in [5.74, 6) is 0. The van der Waals surface area contributed by atoms with Crippen LogP contribution in [-0.2, 0) is 0 Å². The highest BCUT2D eigenvalue weighted by Crippen LogP contribution is 2.39. The van der Waals surface area contributed by atoms with Crippen LogP contribution in [0.4, 0.5) is 0 Å². The minimum atomic E-state index is 1.19. The van der Waals surface area contributed by atoms with Gasteiger partial charge in [0, 0.05) is 16.2 Å². The molecule has 1 nitrogen and oxygen atoms in total. The Labute approximate surface area is 274 Å². The van der Waals surface area contributed by atoms with Gasteiger partial charge in [0.2, 0.25) is 0 Å². The summed E-state index contributed by atoms with van der Waals surface area (Å²) in [6, 6.07) is 68.2. The van der Waals surface area contributed by atoms with Crippen LogP contribution in [0.25, 0.3) is 82.8 Å². The summed E-state index contributed by atoms with van der Waals surface area (Å²) in [6.07, 6.45) is 0. The van der Waals surface area contributed by atoms with Crippen LogP contribution in [0, 0.1) is 0 Å². The molecule has 0 aliphatic carbocycles. The average molecular weight is 598 g/mol. The van der Waals surface area contributed by atoms with Crippen molar-refractivity contribution in [3.63, 3.8) is 0 Å². The number of aromatic nitrogens is 1. The zero-order chi connectivity index (χ0) is 31.2. The number of nitrogens with zero attached hydrogens (tertiary/aromatic N) is 1. The molecule has 8 aromatic carbocycles. The third kappa shape index (κ3) is 4.81. The van der Waals surface area contributed by atoms with Crippen molar-refractivity contribution in [3.05, 3.63) is 188 Å². The smallest absolute Gasteiger partial charge is 0.0547 e. The molecule has 0 bridgehead atoms. The van der Waals surface area contributed by atoms with Crippen molar-refractivity contribution >= 4 is 32.6 Å². The van der Waals surface area contributed by atoms with Crippen molar-refractivity contribution in [2.45, 2.75) is 0 Å². The SMILES string of the molecule is c1ccc(-c2ccc(-c3ccc4c5ccc(-c6ccc(-c7ccccc7)cc6)cc5n(-c5cccc6ccccc56)c4c3)cc2)cc1. The first-order valence-corrected chi connectivity index (χ1v) is 16.2. The molecule has 1 heteroatoms. The van der Waals surface area contributed by atoms with Gasteiger partial charge in [0.1, 0.15) is 0 Å². The molecule has 1 heterocycles. The van der Waals surface area contributed by atoms with Gasteiger partial charge in [-0.05, 0) is 68.1 Å². The van der Waals surface area contributed by atoms with Gasteiger partial charge < -0.3 is 4.57 Å². The predicted octanol–water partition coefficient (Wildman–Crippen LogP) is 12.6. The van der Waals surface area contributed by atoms with Crippen LogP contribution < -0.4 is 0 Å². The van der Waals surface area contributed by atoms with Gasteiger partial charge in [-0.15, -0.1) is 0 Å². The second-order valence-electron chi connectivity index (χ2n) is 12.2. The second kappa shape index (κ2) is 11.3. The van der Waals surface area contributed by atoms with E-state index in [0.717, 1.165) is 0 Å². The van der Waals surface area contributed by atoms with E-state index in [1.54, 1.807) is 0 Å². The molecule has 0 saturated heterocycles. The van der Waals surface area contributed by atoms with E-state index >= 15 is 0 Å². The largest absolute Gasteiger partial charge is 0.309 e. The summed E-state index contributed by atoms with van der Waals surface area (Å²) in [4.78, 5) is 0. The Kier molecular flexibility index (Phi) is 6.54. The zero-order valence-corrected chi connectivity index (χ0v) is 25.8. The first-order valence-electron chi connectivity index (χ1n) is 16.2. The molecule has 220 valence electrons. The Bertz CT molecular complexity index is 2380. The number of fused-ring (bicyclic) bond motifs is 4. The molecule has 0 fully saturated rings. The standard InChI is InChI=1S/C46H31N/c1-3-10-32(11-4-1)34-18-22-36(23-19-34)39-26-28-42-43-29-27-40(37-24-20-35(21-25-37)33-12-5-2-6-13-33)31-46(43)47(45(42)30-39)44-17-9-15-38-14-7-8-16-41(38)44/h1-31H. The van der Waals surface area contributed by atoms with Crippen LogP contribution in [0.2, 0.25) is 0 Å². The van der Waals surface area contributed by atoms with Crippen LogP contribution in [-0.4, -0.2) is 4.57 Å². The van der Waals surface area contributed by atoms with Crippen LogP contribution in [0.5, 0.6) is 0 Å². The lowest BCUT2D eigenvalue weighted by Gasteiger charge is -2.13. The van der Waals surface area contributed by atoms with E-state index in [1.165, 1.54) is 82.8 Å². The minimum absolute atomic E-state index is 1.19. The highest BCUT2D eigenvalue weighted by atomic mass is 15.0. The topological polar surface area (TPSA) is 4.93 Å². The lowest BCUT2D eigenvalue weighted by Crippen LogP contribution is -1.95. The first kappa shape index (κ1) is 27.2. The molecule has 47 heavy (non-hydrogen) atoms. The fourth-order valence-electron chi connectivity index (χ4n) is 7.01. The summed E-state index contributed by atoms with van der Waals surface area (Å²) >= 11 is 0. The summed E-state index contributed by atoms with van der Waals surface area (Å²) in [5.41, 5.74) is 13.4. The fraction of sp³-hybridized carbons (Fsp3) is 0. The number of rotatable bonds is 5. The molecule has 0 amide bonds. The molecule has 0 spiro atoms. The molecule has 0 aliphatic heterocycles. The normalized spacial score (nSPS) is 11.4. The van der Waals surface area contributed by atoms with Crippen molar-refractivity contribution in [1.82, 2.24) is 4.57 Å². The second-order valence-corrected chi connectivity index (χ2v) is 12.2. The van der Waals surface area contributed by atoms with E-state index in [2.05, 4.69) is 193 Å². The van der Waals surface area contributed by atoms with E-state index in [4.69, 9.17) is 0 Å². The van der Waals surface area contributed by atoms with E-state index in [0.29, 0.717) is 0 Å². The van der Waals surface area contributed by atoms with Crippen molar-refractivity contribution in [1.29, 1.82) is 0 Å². The van der Waals surface area contributed by atoms with E-state index < -0.39 is 0 Å². The maximum atomic E-state index is 2.47. The molecular weight excluding hydrogens is 567 g/mol. The molecule has 0 N–H and O–H groups in total. The van der Waals surface area contributed by atoms with Crippen molar-refractivity contribution in [3.8, 4) is 50.2 Å². The minimum Gasteiger partial charge on any atom is -0.309 e.